The van der Waals surface area contributed by atoms with Crippen LogP contribution in [0.15, 0.2) is 30.3 Å². The van der Waals surface area contributed by atoms with Crippen LogP contribution in [0.5, 0.6) is 0 Å². The molecule has 1 aromatic carbocycles. The van der Waals surface area contributed by atoms with Gasteiger partial charge in [-0.05, 0) is 37.8 Å². The Morgan fingerprint density at radius 2 is 2.20 bits per heavy atom. The number of benzene rings is 1. The third-order valence-electron chi connectivity index (χ3n) is 4.22. The van der Waals surface area contributed by atoms with E-state index in [1.165, 1.54) is 24.9 Å². The predicted molar refractivity (Wildman–Crippen MR) is 81.7 cm³/mol. The fourth-order valence-electron chi connectivity index (χ4n) is 3.19. The van der Waals surface area contributed by atoms with Crippen LogP contribution in [0.25, 0.3) is 10.9 Å². The van der Waals surface area contributed by atoms with Crippen molar-refractivity contribution in [3.8, 4) is 6.07 Å². The molecule has 0 radical (unpaired) electrons. The van der Waals surface area contributed by atoms with Gasteiger partial charge in [-0.3, -0.25) is 0 Å². The van der Waals surface area contributed by atoms with Crippen LogP contribution < -0.4 is 4.90 Å². The van der Waals surface area contributed by atoms with Crippen LogP contribution in [0, 0.1) is 11.3 Å². The Kier molecular flexibility index (Phi) is 3.56. The summed E-state index contributed by atoms with van der Waals surface area (Å²) in [7, 11) is 0. The molecule has 102 valence electrons. The van der Waals surface area contributed by atoms with E-state index in [0.717, 1.165) is 23.9 Å². The van der Waals surface area contributed by atoms with Gasteiger partial charge in [0.15, 0.2) is 0 Å². The van der Waals surface area contributed by atoms with Crippen molar-refractivity contribution in [2.75, 3.05) is 11.4 Å². The second-order valence-electron chi connectivity index (χ2n) is 5.41. The fourth-order valence-corrected chi connectivity index (χ4v) is 3.19. The molecule has 0 aliphatic carbocycles. The summed E-state index contributed by atoms with van der Waals surface area (Å²) in [5.41, 5.74) is 2.61. The molecule has 2 aromatic rings. The summed E-state index contributed by atoms with van der Waals surface area (Å²) >= 11 is 0. The Labute approximate surface area is 119 Å². The molecule has 3 rings (SSSR count). The van der Waals surface area contributed by atoms with Crippen LogP contribution in [0.2, 0.25) is 0 Å². The van der Waals surface area contributed by atoms with Gasteiger partial charge in [0.05, 0.1) is 5.52 Å². The molecule has 0 bridgehead atoms. The minimum absolute atomic E-state index is 0.513. The lowest BCUT2D eigenvalue weighted by Gasteiger charge is -2.37. The Hall–Kier alpha value is -2.08. The number of hydrogen-bond acceptors (Lipinski definition) is 3. The molecule has 20 heavy (non-hydrogen) atoms. The van der Waals surface area contributed by atoms with Crippen molar-refractivity contribution in [3.63, 3.8) is 0 Å². The smallest absolute Gasteiger partial charge is 0.143 e. The van der Waals surface area contributed by atoms with E-state index in [9.17, 15) is 5.26 Å². The molecule has 1 aliphatic rings. The number of aromatic nitrogens is 1. The number of nitriles is 1. The number of rotatable bonds is 2. The second-order valence-corrected chi connectivity index (χ2v) is 5.41. The second kappa shape index (κ2) is 5.50. The zero-order chi connectivity index (χ0) is 13.9. The highest BCUT2D eigenvalue weighted by Gasteiger charge is 2.23. The van der Waals surface area contributed by atoms with Crippen molar-refractivity contribution in [1.82, 2.24) is 4.98 Å². The van der Waals surface area contributed by atoms with E-state index >= 15 is 0 Å². The maximum Gasteiger partial charge on any atom is 0.143 e. The Morgan fingerprint density at radius 3 is 3.00 bits per heavy atom. The van der Waals surface area contributed by atoms with Gasteiger partial charge in [0.25, 0.3) is 0 Å². The molecule has 1 aliphatic heterocycles. The highest BCUT2D eigenvalue weighted by molar-refractivity contribution is 5.92. The molecule has 1 aromatic heterocycles. The monoisotopic (exact) mass is 265 g/mol. The average molecular weight is 265 g/mol. The minimum atomic E-state index is 0.513. The summed E-state index contributed by atoms with van der Waals surface area (Å²) in [5.74, 6) is 0. The number of pyridine rings is 1. The number of para-hydroxylation sites is 1. The fraction of sp³-hybridized carbons (Fsp3) is 0.412. The normalized spacial score (nSPS) is 19.0. The van der Waals surface area contributed by atoms with E-state index < -0.39 is 0 Å². The third kappa shape index (κ3) is 2.22. The van der Waals surface area contributed by atoms with Crippen LogP contribution >= 0.6 is 0 Å². The summed E-state index contributed by atoms with van der Waals surface area (Å²) in [5, 5.41) is 10.4. The summed E-state index contributed by atoms with van der Waals surface area (Å²) in [6, 6.07) is 12.9. The lowest BCUT2D eigenvalue weighted by Crippen LogP contribution is -2.39. The van der Waals surface area contributed by atoms with Gasteiger partial charge in [0, 0.05) is 23.7 Å². The first-order valence-electron chi connectivity index (χ1n) is 7.40. The Morgan fingerprint density at radius 1 is 1.35 bits per heavy atom. The van der Waals surface area contributed by atoms with E-state index in [1.54, 1.807) is 0 Å². The van der Waals surface area contributed by atoms with E-state index in [4.69, 9.17) is 0 Å². The summed E-state index contributed by atoms with van der Waals surface area (Å²) in [4.78, 5) is 6.89. The van der Waals surface area contributed by atoms with Gasteiger partial charge in [-0.1, -0.05) is 25.1 Å². The van der Waals surface area contributed by atoms with Crippen molar-refractivity contribution < 1.29 is 0 Å². The molecule has 2 heterocycles. The Balaban J connectivity index is 2.16. The van der Waals surface area contributed by atoms with Crippen molar-refractivity contribution in [2.45, 2.75) is 38.6 Å². The zero-order valence-corrected chi connectivity index (χ0v) is 11.8. The quantitative estimate of drug-likeness (QED) is 0.827. The average Bonchev–Trinajstić information content (AvgIpc) is 2.53. The summed E-state index contributed by atoms with van der Waals surface area (Å²) in [6.45, 7) is 3.33. The van der Waals surface area contributed by atoms with Crippen molar-refractivity contribution >= 4 is 16.6 Å². The molecule has 0 N–H and O–H groups in total. The molecule has 1 atom stereocenters. The minimum Gasteiger partial charge on any atom is -0.368 e. The van der Waals surface area contributed by atoms with Gasteiger partial charge in [0.1, 0.15) is 11.8 Å². The topological polar surface area (TPSA) is 39.9 Å². The summed E-state index contributed by atoms with van der Waals surface area (Å²) < 4.78 is 0. The highest BCUT2D eigenvalue weighted by atomic mass is 15.2. The molecule has 0 amide bonds. The van der Waals surface area contributed by atoms with Crippen LogP contribution in [-0.2, 0) is 0 Å². The number of piperidine rings is 1. The first-order valence-corrected chi connectivity index (χ1v) is 7.40. The van der Waals surface area contributed by atoms with Crippen LogP contribution in [-0.4, -0.2) is 17.6 Å². The van der Waals surface area contributed by atoms with Gasteiger partial charge in [-0.2, -0.15) is 5.26 Å². The van der Waals surface area contributed by atoms with Crippen LogP contribution in [0.3, 0.4) is 0 Å². The van der Waals surface area contributed by atoms with E-state index in [2.05, 4.69) is 28.9 Å². The molecular formula is C17H19N3. The third-order valence-corrected chi connectivity index (χ3v) is 4.22. The first kappa shape index (κ1) is 12.9. The van der Waals surface area contributed by atoms with Crippen molar-refractivity contribution in [1.29, 1.82) is 5.26 Å². The van der Waals surface area contributed by atoms with Crippen LogP contribution in [0.1, 0.15) is 38.3 Å². The largest absolute Gasteiger partial charge is 0.368 e. The molecule has 3 heteroatoms. The molecule has 1 unspecified atom stereocenters. The standard InChI is InChI=1S/C17H19N3/c1-2-14-7-5-6-10-20(14)17-11-13(12-18)19-16-9-4-3-8-15(16)17/h3-4,8-9,11,14H,2,5-7,10H2,1H3. The maximum atomic E-state index is 9.21. The molecule has 0 saturated carbocycles. The maximum absolute atomic E-state index is 9.21. The van der Waals surface area contributed by atoms with Crippen molar-refractivity contribution in [3.05, 3.63) is 36.0 Å². The molecule has 1 fully saturated rings. The lowest BCUT2D eigenvalue weighted by atomic mass is 9.98. The van der Waals surface area contributed by atoms with Crippen molar-refractivity contribution in [2.24, 2.45) is 0 Å². The van der Waals surface area contributed by atoms with E-state index in [1.807, 2.05) is 24.3 Å². The number of anilines is 1. The van der Waals surface area contributed by atoms with E-state index in [-0.39, 0.29) is 0 Å². The molecule has 0 spiro atoms. The first-order chi connectivity index (χ1) is 9.83. The van der Waals surface area contributed by atoms with Gasteiger partial charge in [-0.25, -0.2) is 4.98 Å². The molecule has 1 saturated heterocycles. The lowest BCUT2D eigenvalue weighted by molar-refractivity contribution is 0.451. The van der Waals surface area contributed by atoms with Gasteiger partial charge < -0.3 is 4.90 Å². The van der Waals surface area contributed by atoms with Crippen LogP contribution in [0.4, 0.5) is 5.69 Å². The highest BCUT2D eigenvalue weighted by Crippen LogP contribution is 2.32. The SMILES string of the molecule is CCC1CCCCN1c1cc(C#N)nc2ccccc12. The van der Waals surface area contributed by atoms with E-state index in [0.29, 0.717) is 11.7 Å². The Bertz CT molecular complexity index is 657. The number of fused-ring (bicyclic) bond motifs is 1. The summed E-state index contributed by atoms with van der Waals surface area (Å²) in [6.07, 6.45) is 4.94. The number of hydrogen-bond donors (Lipinski definition) is 0. The van der Waals surface area contributed by atoms with Gasteiger partial charge >= 0.3 is 0 Å². The molecular weight excluding hydrogens is 246 g/mol. The zero-order valence-electron chi connectivity index (χ0n) is 11.8. The molecule has 3 nitrogen and oxygen atoms in total. The predicted octanol–water partition coefficient (Wildman–Crippen LogP) is 3.88. The van der Waals surface area contributed by atoms with Gasteiger partial charge in [-0.15, -0.1) is 0 Å². The number of nitrogens with zero attached hydrogens (tertiary/aromatic N) is 3. The van der Waals surface area contributed by atoms with Gasteiger partial charge in [0.2, 0.25) is 0 Å².